The number of aliphatic hydroxyl groups excluding tert-OH is 1. The van der Waals surface area contributed by atoms with Crippen molar-refractivity contribution in [3.63, 3.8) is 0 Å². The molecule has 9 heteroatoms. The molecule has 0 atom stereocenters. The molecule has 0 unspecified atom stereocenters. The predicted molar refractivity (Wildman–Crippen MR) is 57.9 cm³/mol. The first-order valence-corrected chi connectivity index (χ1v) is 5.00. The first kappa shape index (κ1) is 12.5. The molecule has 0 radical (unpaired) electrons. The van der Waals surface area contributed by atoms with Crippen LogP contribution < -0.4 is 14.6 Å². The van der Waals surface area contributed by atoms with Gasteiger partial charge in [0.05, 0.1) is 6.54 Å². The Bertz CT molecular complexity index is 478. The molecule has 0 fully saturated rings. The fourth-order valence-electron chi connectivity index (χ4n) is 1.44. The maximum absolute atomic E-state index is 11.6. The van der Waals surface area contributed by atoms with Gasteiger partial charge in [0.2, 0.25) is 0 Å². The Labute approximate surface area is 102 Å². The summed E-state index contributed by atoms with van der Waals surface area (Å²) in [7, 11) is -1.52. The molecule has 8 nitrogen and oxygen atoms in total. The summed E-state index contributed by atoms with van der Waals surface area (Å²) in [4.78, 5) is 11.6. The largest absolute Gasteiger partial charge is 0.785 e. The van der Waals surface area contributed by atoms with Crippen molar-refractivity contribution in [2.75, 3.05) is 6.54 Å². The molecule has 0 aliphatic carbocycles. The van der Waals surface area contributed by atoms with Crippen LogP contribution in [0.5, 0.6) is 17.2 Å². The highest BCUT2D eigenvalue weighted by atomic mass is 16.7. The number of carbonyl (C=O) groups excluding carboxylic acids is 1. The van der Waals surface area contributed by atoms with E-state index >= 15 is 0 Å². The molecule has 0 spiro atoms. The predicted octanol–water partition coefficient (Wildman–Crippen LogP) is -1.82. The van der Waals surface area contributed by atoms with E-state index in [1.54, 1.807) is 0 Å². The lowest BCUT2D eigenvalue weighted by Gasteiger charge is -2.08. The van der Waals surface area contributed by atoms with Gasteiger partial charge in [-0.2, -0.15) is 0 Å². The first-order chi connectivity index (χ1) is 8.47. The van der Waals surface area contributed by atoms with E-state index in [1.807, 2.05) is 0 Å². The zero-order chi connectivity index (χ0) is 13.3. The van der Waals surface area contributed by atoms with Gasteiger partial charge in [0.1, 0.15) is 5.75 Å². The average Bonchev–Trinajstić information content (AvgIpc) is 2.67. The smallest absolute Gasteiger partial charge is 0.504 e. The Morgan fingerprint density at radius 1 is 1.39 bits per heavy atom. The van der Waals surface area contributed by atoms with Crippen molar-refractivity contribution < 1.29 is 34.4 Å². The molecule has 1 heterocycles. The molecule has 5 N–H and O–H groups in total. The third-order valence-electron chi connectivity index (χ3n) is 2.19. The number of aromatic hydroxyl groups is 1. The number of amides is 1. The second kappa shape index (κ2) is 4.73. The van der Waals surface area contributed by atoms with Gasteiger partial charge in [-0.3, -0.25) is 4.79 Å². The van der Waals surface area contributed by atoms with Crippen molar-refractivity contribution in [2.24, 2.45) is 0 Å². The second-order valence-corrected chi connectivity index (χ2v) is 3.56. The first-order valence-electron chi connectivity index (χ1n) is 5.00. The number of phenolic OH excluding ortho intramolecular Hbond substituents is 1. The van der Waals surface area contributed by atoms with Crippen LogP contribution in [0.2, 0.25) is 0 Å². The maximum atomic E-state index is 11.6. The highest BCUT2D eigenvalue weighted by Gasteiger charge is 2.34. The summed E-state index contributed by atoms with van der Waals surface area (Å²) in [5.41, 5.74) is 0.0320. The van der Waals surface area contributed by atoms with Gasteiger partial charge in [0, 0.05) is 5.56 Å². The molecular weight excluding hydrogens is 245 g/mol. The number of hydrogen-bond acceptors (Lipinski definition) is 7. The van der Waals surface area contributed by atoms with Crippen molar-refractivity contribution in [2.45, 2.75) is 6.29 Å². The number of rotatable bonds is 3. The molecule has 18 heavy (non-hydrogen) atoms. The fraction of sp³-hybridized carbons (Fsp3) is 0.222. The van der Waals surface area contributed by atoms with E-state index < -0.39 is 19.5 Å². The van der Waals surface area contributed by atoms with Gasteiger partial charge < -0.3 is 35.0 Å². The van der Waals surface area contributed by atoms with E-state index in [1.165, 1.54) is 6.07 Å². The Morgan fingerprint density at radius 3 is 2.78 bits per heavy atom. The van der Waals surface area contributed by atoms with Crippen LogP contribution in [-0.2, 0) is 0 Å². The topological polar surface area (TPSA) is 128 Å². The standard InChI is InChI=1S/C9H10BNO7/c12-5-1-4(9(15)11-3-7(13)14)2-6-8(5)18-10(16)17-6/h1-2,7,12-14,16H,3H2,(H,11,15). The number of fused-ring (bicyclic) bond motifs is 1. The fourth-order valence-corrected chi connectivity index (χ4v) is 1.44. The van der Waals surface area contributed by atoms with Gasteiger partial charge in [0.25, 0.3) is 5.91 Å². The van der Waals surface area contributed by atoms with Crippen LogP contribution in [0.15, 0.2) is 12.1 Å². The minimum atomic E-state index is -1.67. The van der Waals surface area contributed by atoms with Gasteiger partial charge in [-0.25, -0.2) is 0 Å². The second-order valence-electron chi connectivity index (χ2n) is 3.56. The van der Waals surface area contributed by atoms with Gasteiger partial charge >= 0.3 is 7.32 Å². The van der Waals surface area contributed by atoms with Crippen LogP contribution in [0.25, 0.3) is 0 Å². The molecule has 1 aliphatic rings. The van der Waals surface area contributed by atoms with Crippen LogP contribution in [0.4, 0.5) is 0 Å². The van der Waals surface area contributed by atoms with Crippen LogP contribution in [-0.4, -0.2) is 46.4 Å². The molecule has 0 saturated carbocycles. The van der Waals surface area contributed by atoms with Crippen LogP contribution in [0.1, 0.15) is 10.4 Å². The average molecular weight is 255 g/mol. The minimum Gasteiger partial charge on any atom is -0.504 e. The van der Waals surface area contributed by atoms with Gasteiger partial charge in [-0.05, 0) is 12.1 Å². The Hall–Kier alpha value is -1.97. The molecule has 1 aromatic carbocycles. The van der Waals surface area contributed by atoms with Crippen LogP contribution in [0.3, 0.4) is 0 Å². The van der Waals surface area contributed by atoms with Crippen LogP contribution >= 0.6 is 0 Å². The summed E-state index contributed by atoms with van der Waals surface area (Å²) in [6, 6.07) is 2.36. The monoisotopic (exact) mass is 255 g/mol. The molecular formula is C9H10BNO7. The summed E-state index contributed by atoms with van der Waals surface area (Å²) in [5, 5.41) is 38.1. The molecule has 0 bridgehead atoms. The van der Waals surface area contributed by atoms with Crippen molar-refractivity contribution in [1.82, 2.24) is 5.32 Å². The summed E-state index contributed by atoms with van der Waals surface area (Å²) >= 11 is 0. The normalized spacial score (nSPS) is 13.0. The SMILES string of the molecule is O=C(NCC(O)O)c1cc(O)c2c(c1)OB(O)O2. The highest BCUT2D eigenvalue weighted by Crippen LogP contribution is 2.41. The van der Waals surface area contributed by atoms with Gasteiger partial charge in [-0.1, -0.05) is 0 Å². The molecule has 96 valence electrons. The van der Waals surface area contributed by atoms with Gasteiger partial charge in [0.15, 0.2) is 17.8 Å². The maximum Gasteiger partial charge on any atom is 0.785 e. The highest BCUT2D eigenvalue weighted by molar-refractivity contribution is 6.38. The molecule has 1 amide bonds. The molecule has 1 aliphatic heterocycles. The zero-order valence-corrected chi connectivity index (χ0v) is 9.03. The van der Waals surface area contributed by atoms with E-state index in [4.69, 9.17) is 24.5 Å². The summed E-state index contributed by atoms with van der Waals surface area (Å²) in [6.07, 6.45) is -1.67. The number of hydrogen-bond donors (Lipinski definition) is 5. The lowest BCUT2D eigenvalue weighted by Crippen LogP contribution is -2.31. The van der Waals surface area contributed by atoms with E-state index in [-0.39, 0.29) is 29.4 Å². The molecule has 1 aromatic rings. The van der Waals surface area contributed by atoms with E-state index in [2.05, 4.69) is 5.32 Å². The van der Waals surface area contributed by atoms with E-state index in [0.717, 1.165) is 6.07 Å². The number of phenols is 1. The third-order valence-corrected chi connectivity index (χ3v) is 2.19. The Morgan fingerprint density at radius 2 is 2.11 bits per heavy atom. The molecule has 2 rings (SSSR count). The quantitative estimate of drug-likeness (QED) is 0.317. The number of aliphatic hydroxyl groups is 2. The summed E-state index contributed by atoms with van der Waals surface area (Å²) in [5.74, 6) is -1.02. The number of carbonyl (C=O) groups is 1. The lowest BCUT2D eigenvalue weighted by atomic mass is 10.1. The lowest BCUT2D eigenvalue weighted by molar-refractivity contribution is -0.0361. The van der Waals surface area contributed by atoms with E-state index in [9.17, 15) is 9.90 Å². The Balaban J connectivity index is 2.18. The van der Waals surface area contributed by atoms with Crippen molar-refractivity contribution in [1.29, 1.82) is 0 Å². The van der Waals surface area contributed by atoms with Gasteiger partial charge in [-0.15, -0.1) is 0 Å². The minimum absolute atomic E-state index is 0.0252. The van der Waals surface area contributed by atoms with Crippen molar-refractivity contribution in [3.8, 4) is 17.2 Å². The third kappa shape index (κ3) is 2.48. The zero-order valence-electron chi connectivity index (χ0n) is 9.03. The number of benzene rings is 1. The summed E-state index contributed by atoms with van der Waals surface area (Å²) in [6.45, 7) is -0.351. The summed E-state index contributed by atoms with van der Waals surface area (Å²) < 4.78 is 9.54. The molecule has 0 saturated heterocycles. The van der Waals surface area contributed by atoms with Crippen molar-refractivity contribution >= 4 is 13.2 Å². The molecule has 0 aromatic heterocycles. The Kier molecular flexibility index (Phi) is 3.28. The number of nitrogens with one attached hydrogen (secondary N) is 1. The van der Waals surface area contributed by atoms with Crippen LogP contribution in [0, 0.1) is 0 Å². The van der Waals surface area contributed by atoms with Crippen molar-refractivity contribution in [3.05, 3.63) is 17.7 Å². The van der Waals surface area contributed by atoms with E-state index in [0.29, 0.717) is 0 Å².